The predicted octanol–water partition coefficient (Wildman–Crippen LogP) is 2.43. The average molecular weight is 274 g/mol. The molecule has 1 unspecified atom stereocenters. The summed E-state index contributed by atoms with van der Waals surface area (Å²) in [4.78, 5) is 2.29. The van der Waals surface area contributed by atoms with Crippen LogP contribution in [-0.2, 0) is 11.3 Å². The number of hydrogen-bond acceptors (Lipinski definition) is 4. The fourth-order valence-corrected chi connectivity index (χ4v) is 2.71. The van der Waals surface area contributed by atoms with Gasteiger partial charge in [0.25, 0.3) is 0 Å². The second kappa shape index (κ2) is 7.28. The maximum absolute atomic E-state index is 9.11. The maximum atomic E-state index is 9.11. The summed E-state index contributed by atoms with van der Waals surface area (Å²) in [6, 6.07) is 7.98. The molecule has 0 saturated carbocycles. The Morgan fingerprint density at radius 1 is 1.50 bits per heavy atom. The van der Waals surface area contributed by atoms with Crippen LogP contribution in [0.3, 0.4) is 0 Å². The number of rotatable bonds is 5. The minimum Gasteiger partial charge on any atom is -0.495 e. The summed E-state index contributed by atoms with van der Waals surface area (Å²) in [6.07, 6.45) is 2.41. The second-order valence-corrected chi connectivity index (χ2v) is 5.43. The van der Waals surface area contributed by atoms with Gasteiger partial charge < -0.3 is 14.4 Å². The summed E-state index contributed by atoms with van der Waals surface area (Å²) in [5.41, 5.74) is 1.74. The normalized spacial score (nSPS) is 18.8. The summed E-state index contributed by atoms with van der Waals surface area (Å²) >= 11 is 0. The molecule has 0 aromatic heterocycles. The van der Waals surface area contributed by atoms with E-state index in [1.807, 2.05) is 18.2 Å². The quantitative estimate of drug-likeness (QED) is 0.827. The molecular formula is C16H22N2O2. The Bertz CT molecular complexity index is 476. The number of hydrogen-bond donors (Lipinski definition) is 0. The molecule has 1 aliphatic rings. The van der Waals surface area contributed by atoms with Crippen LogP contribution in [0.1, 0.15) is 24.0 Å². The smallest absolute Gasteiger partial charge is 0.136 e. The van der Waals surface area contributed by atoms with E-state index >= 15 is 0 Å². The molecule has 4 nitrogen and oxygen atoms in total. The van der Waals surface area contributed by atoms with E-state index in [-0.39, 0.29) is 0 Å². The Kier molecular flexibility index (Phi) is 5.40. The van der Waals surface area contributed by atoms with Gasteiger partial charge in [0.1, 0.15) is 11.8 Å². The van der Waals surface area contributed by atoms with Crippen LogP contribution < -0.4 is 4.74 Å². The number of ether oxygens (including phenoxy) is 2. The van der Waals surface area contributed by atoms with Gasteiger partial charge in [-0.3, -0.25) is 0 Å². The molecule has 1 heterocycles. The lowest BCUT2D eigenvalue weighted by molar-refractivity contribution is 0.0411. The first-order valence-corrected chi connectivity index (χ1v) is 7.06. The molecule has 1 aromatic carbocycles. The fourth-order valence-electron chi connectivity index (χ4n) is 2.71. The first-order chi connectivity index (χ1) is 9.72. The lowest BCUT2D eigenvalue weighted by Crippen LogP contribution is -2.30. The van der Waals surface area contributed by atoms with Crippen molar-refractivity contribution in [1.82, 2.24) is 4.90 Å². The van der Waals surface area contributed by atoms with Crippen LogP contribution in [0.2, 0.25) is 0 Å². The van der Waals surface area contributed by atoms with Crippen LogP contribution in [-0.4, -0.2) is 38.8 Å². The zero-order valence-electron chi connectivity index (χ0n) is 12.3. The van der Waals surface area contributed by atoms with Crippen molar-refractivity contribution in [1.29, 1.82) is 5.26 Å². The van der Waals surface area contributed by atoms with Gasteiger partial charge in [-0.05, 0) is 43.5 Å². The van der Waals surface area contributed by atoms with E-state index in [0.29, 0.717) is 17.2 Å². The van der Waals surface area contributed by atoms with E-state index in [0.717, 1.165) is 31.9 Å². The Labute approximate surface area is 120 Å². The van der Waals surface area contributed by atoms with Crippen LogP contribution in [0, 0.1) is 17.2 Å². The summed E-state index contributed by atoms with van der Waals surface area (Å²) in [5, 5.41) is 9.11. The Morgan fingerprint density at radius 2 is 2.35 bits per heavy atom. The highest BCUT2D eigenvalue weighted by molar-refractivity contribution is 5.45. The van der Waals surface area contributed by atoms with Gasteiger partial charge in [0.2, 0.25) is 0 Å². The van der Waals surface area contributed by atoms with Crippen molar-refractivity contribution in [2.75, 3.05) is 33.9 Å². The average Bonchev–Trinajstić information content (AvgIpc) is 2.48. The first-order valence-electron chi connectivity index (χ1n) is 7.06. The van der Waals surface area contributed by atoms with Crippen LogP contribution in [0.4, 0.5) is 0 Å². The highest BCUT2D eigenvalue weighted by atomic mass is 16.5. The molecule has 1 saturated heterocycles. The van der Waals surface area contributed by atoms with Crippen molar-refractivity contribution < 1.29 is 9.47 Å². The SMILES string of the molecule is COc1ccc(CN(C)CC2CCCOC2)cc1C#N. The van der Waals surface area contributed by atoms with E-state index < -0.39 is 0 Å². The second-order valence-electron chi connectivity index (χ2n) is 5.43. The van der Waals surface area contributed by atoms with E-state index in [2.05, 4.69) is 18.0 Å². The molecule has 0 aliphatic carbocycles. The maximum Gasteiger partial charge on any atom is 0.136 e. The number of nitriles is 1. The summed E-state index contributed by atoms with van der Waals surface area (Å²) in [7, 11) is 3.70. The Morgan fingerprint density at radius 3 is 3.00 bits per heavy atom. The monoisotopic (exact) mass is 274 g/mol. The lowest BCUT2D eigenvalue weighted by Gasteiger charge is -2.27. The van der Waals surface area contributed by atoms with Crippen molar-refractivity contribution in [2.24, 2.45) is 5.92 Å². The predicted molar refractivity (Wildman–Crippen MR) is 77.6 cm³/mol. The van der Waals surface area contributed by atoms with Gasteiger partial charge in [0.15, 0.2) is 0 Å². The van der Waals surface area contributed by atoms with Gasteiger partial charge in [0.05, 0.1) is 19.3 Å². The topological polar surface area (TPSA) is 45.5 Å². The third-order valence-corrected chi connectivity index (χ3v) is 3.66. The molecule has 108 valence electrons. The van der Waals surface area contributed by atoms with Crippen molar-refractivity contribution in [3.05, 3.63) is 29.3 Å². The molecular weight excluding hydrogens is 252 g/mol. The van der Waals surface area contributed by atoms with Crippen molar-refractivity contribution in [3.63, 3.8) is 0 Å². The minimum absolute atomic E-state index is 0.597. The van der Waals surface area contributed by atoms with Crippen LogP contribution in [0.25, 0.3) is 0 Å². The fraction of sp³-hybridized carbons (Fsp3) is 0.562. The van der Waals surface area contributed by atoms with Crippen molar-refractivity contribution in [2.45, 2.75) is 19.4 Å². The van der Waals surface area contributed by atoms with Gasteiger partial charge in [-0.15, -0.1) is 0 Å². The largest absolute Gasteiger partial charge is 0.495 e. The highest BCUT2D eigenvalue weighted by Crippen LogP contribution is 2.20. The van der Waals surface area contributed by atoms with Crippen LogP contribution in [0.15, 0.2) is 18.2 Å². The summed E-state index contributed by atoms with van der Waals surface area (Å²) in [6.45, 7) is 3.66. The highest BCUT2D eigenvalue weighted by Gasteiger charge is 2.16. The van der Waals surface area contributed by atoms with E-state index in [4.69, 9.17) is 14.7 Å². The molecule has 1 fully saturated rings. The number of methoxy groups -OCH3 is 1. The van der Waals surface area contributed by atoms with E-state index in [1.165, 1.54) is 12.8 Å². The molecule has 4 heteroatoms. The van der Waals surface area contributed by atoms with Gasteiger partial charge in [-0.1, -0.05) is 6.07 Å². The third-order valence-electron chi connectivity index (χ3n) is 3.66. The van der Waals surface area contributed by atoms with Crippen LogP contribution in [0.5, 0.6) is 5.75 Å². The van der Waals surface area contributed by atoms with E-state index in [1.54, 1.807) is 7.11 Å². The lowest BCUT2D eigenvalue weighted by atomic mass is 10.0. The van der Waals surface area contributed by atoms with Crippen molar-refractivity contribution >= 4 is 0 Å². The number of benzene rings is 1. The van der Waals surface area contributed by atoms with Gasteiger partial charge in [0, 0.05) is 19.7 Å². The van der Waals surface area contributed by atoms with Crippen molar-refractivity contribution in [3.8, 4) is 11.8 Å². The number of nitrogens with zero attached hydrogens (tertiary/aromatic N) is 2. The Hall–Kier alpha value is -1.57. The molecule has 1 aliphatic heterocycles. The standard InChI is InChI=1S/C16H22N2O2/c1-18(11-14-4-3-7-20-12-14)10-13-5-6-16(19-2)15(8-13)9-17/h5-6,8,14H,3-4,7,10-12H2,1-2H3. The molecule has 1 aromatic rings. The minimum atomic E-state index is 0.597. The Balaban J connectivity index is 1.93. The molecule has 0 radical (unpaired) electrons. The zero-order chi connectivity index (χ0) is 14.4. The third kappa shape index (κ3) is 3.96. The van der Waals surface area contributed by atoms with Gasteiger partial charge in [-0.25, -0.2) is 0 Å². The molecule has 20 heavy (non-hydrogen) atoms. The molecule has 2 rings (SSSR count). The molecule has 0 amide bonds. The van der Waals surface area contributed by atoms with Gasteiger partial charge >= 0.3 is 0 Å². The van der Waals surface area contributed by atoms with Crippen LogP contribution >= 0.6 is 0 Å². The first kappa shape index (κ1) is 14.8. The molecule has 0 N–H and O–H groups in total. The summed E-state index contributed by atoms with van der Waals surface area (Å²) < 4.78 is 10.7. The molecule has 0 bridgehead atoms. The zero-order valence-corrected chi connectivity index (χ0v) is 12.3. The van der Waals surface area contributed by atoms with Gasteiger partial charge in [-0.2, -0.15) is 5.26 Å². The molecule has 0 spiro atoms. The van der Waals surface area contributed by atoms with E-state index in [9.17, 15) is 0 Å². The molecule has 1 atom stereocenters. The summed E-state index contributed by atoms with van der Waals surface area (Å²) in [5.74, 6) is 1.27.